The van der Waals surface area contributed by atoms with E-state index in [0.29, 0.717) is 17.1 Å². The lowest BCUT2D eigenvalue weighted by molar-refractivity contribution is 0.419. The summed E-state index contributed by atoms with van der Waals surface area (Å²) in [6, 6.07) is 5.46. The fourth-order valence-electron chi connectivity index (χ4n) is 1.90. The second-order valence-corrected chi connectivity index (χ2v) is 3.85. The summed E-state index contributed by atoms with van der Waals surface area (Å²) < 4.78 is 0. The highest BCUT2D eigenvalue weighted by molar-refractivity contribution is 6.60. The van der Waals surface area contributed by atoms with E-state index < -0.39 is 7.12 Å². The van der Waals surface area contributed by atoms with E-state index in [4.69, 9.17) is 15.8 Å². The summed E-state index contributed by atoms with van der Waals surface area (Å²) in [6.45, 7) is 0. The average Bonchev–Trinajstić information content (AvgIpc) is 2.04. The highest BCUT2D eigenvalue weighted by atomic mass is 16.4. The number of rotatable bonds is 2. The van der Waals surface area contributed by atoms with Crippen LogP contribution in [0.2, 0.25) is 0 Å². The Morgan fingerprint density at radius 3 is 2.50 bits per heavy atom. The summed E-state index contributed by atoms with van der Waals surface area (Å²) in [6.07, 6.45) is 3.57. The highest BCUT2D eigenvalue weighted by Gasteiger charge is 2.24. The predicted octanol–water partition coefficient (Wildman–Crippen LogP) is 0.216. The number of hydrogen-bond acceptors (Lipinski definition) is 3. The molecule has 0 aliphatic heterocycles. The Labute approximate surface area is 83.7 Å². The summed E-state index contributed by atoms with van der Waals surface area (Å²) in [5, 5.41) is 18.2. The second kappa shape index (κ2) is 3.63. The molecule has 1 aliphatic rings. The van der Waals surface area contributed by atoms with Gasteiger partial charge in [0.2, 0.25) is 0 Å². The topological polar surface area (TPSA) is 66.5 Å². The average molecular weight is 191 g/mol. The minimum atomic E-state index is -1.46. The van der Waals surface area contributed by atoms with Crippen molar-refractivity contribution in [2.45, 2.75) is 25.2 Å². The Morgan fingerprint density at radius 1 is 1.29 bits per heavy atom. The molecule has 1 saturated carbocycles. The molecule has 1 aromatic carbocycles. The van der Waals surface area contributed by atoms with Crippen LogP contribution < -0.4 is 11.2 Å². The minimum absolute atomic E-state index is 0.425. The van der Waals surface area contributed by atoms with E-state index in [1.165, 1.54) is 6.42 Å². The molecular weight excluding hydrogens is 177 g/mol. The third-order valence-electron chi connectivity index (χ3n) is 3.00. The maximum Gasteiger partial charge on any atom is 0.490 e. The van der Waals surface area contributed by atoms with Gasteiger partial charge in [0.05, 0.1) is 0 Å². The van der Waals surface area contributed by atoms with Crippen LogP contribution in [0, 0.1) is 0 Å². The molecule has 4 N–H and O–H groups in total. The Bertz CT molecular complexity index is 337. The van der Waals surface area contributed by atoms with Crippen molar-refractivity contribution in [2.75, 3.05) is 5.73 Å². The smallest absolute Gasteiger partial charge is 0.423 e. The maximum atomic E-state index is 9.08. The minimum Gasteiger partial charge on any atom is -0.423 e. The Kier molecular flexibility index (Phi) is 2.48. The van der Waals surface area contributed by atoms with E-state index in [1.54, 1.807) is 6.07 Å². The highest BCUT2D eigenvalue weighted by Crippen LogP contribution is 2.38. The van der Waals surface area contributed by atoms with Gasteiger partial charge in [-0.15, -0.1) is 0 Å². The number of para-hydroxylation sites is 1. The van der Waals surface area contributed by atoms with Gasteiger partial charge < -0.3 is 15.8 Å². The molecule has 0 spiro atoms. The van der Waals surface area contributed by atoms with Crippen LogP contribution in [-0.4, -0.2) is 17.2 Å². The van der Waals surface area contributed by atoms with Crippen molar-refractivity contribution in [2.24, 2.45) is 0 Å². The first-order valence-electron chi connectivity index (χ1n) is 4.94. The van der Waals surface area contributed by atoms with Crippen LogP contribution >= 0.6 is 0 Å². The van der Waals surface area contributed by atoms with E-state index in [-0.39, 0.29) is 0 Å². The fraction of sp³-hybridized carbons (Fsp3) is 0.400. The van der Waals surface area contributed by atoms with Crippen molar-refractivity contribution in [3.63, 3.8) is 0 Å². The lowest BCUT2D eigenvalue weighted by atomic mass is 9.73. The van der Waals surface area contributed by atoms with Crippen molar-refractivity contribution in [3.05, 3.63) is 23.8 Å². The van der Waals surface area contributed by atoms with Crippen LogP contribution in [0.3, 0.4) is 0 Å². The number of anilines is 1. The zero-order chi connectivity index (χ0) is 10.1. The molecule has 14 heavy (non-hydrogen) atoms. The van der Waals surface area contributed by atoms with Crippen molar-refractivity contribution in [3.8, 4) is 0 Å². The largest absolute Gasteiger partial charge is 0.490 e. The van der Waals surface area contributed by atoms with Gasteiger partial charge in [-0.05, 0) is 24.3 Å². The number of hydrogen-bond donors (Lipinski definition) is 3. The first kappa shape index (κ1) is 9.56. The third-order valence-corrected chi connectivity index (χ3v) is 3.00. The fourth-order valence-corrected chi connectivity index (χ4v) is 1.90. The summed E-state index contributed by atoms with van der Waals surface area (Å²) >= 11 is 0. The molecule has 1 aromatic rings. The van der Waals surface area contributed by atoms with Crippen LogP contribution in [0.25, 0.3) is 0 Å². The molecule has 0 radical (unpaired) electrons. The Hall–Kier alpha value is -0.995. The molecule has 0 bridgehead atoms. The van der Waals surface area contributed by atoms with Gasteiger partial charge in [0.15, 0.2) is 0 Å². The van der Waals surface area contributed by atoms with E-state index in [1.807, 2.05) is 12.1 Å². The van der Waals surface area contributed by atoms with Crippen molar-refractivity contribution in [1.29, 1.82) is 0 Å². The Balaban J connectivity index is 2.35. The molecule has 1 fully saturated rings. The molecule has 0 amide bonds. The molecule has 4 heteroatoms. The molecule has 0 saturated heterocycles. The van der Waals surface area contributed by atoms with Gasteiger partial charge in [-0.1, -0.05) is 24.6 Å². The molecule has 74 valence electrons. The molecule has 1 aliphatic carbocycles. The number of nitrogens with two attached hydrogens (primary N) is 1. The van der Waals surface area contributed by atoms with Gasteiger partial charge in [0, 0.05) is 11.2 Å². The molecule has 0 aromatic heterocycles. The lowest BCUT2D eigenvalue weighted by Gasteiger charge is -2.27. The van der Waals surface area contributed by atoms with E-state index >= 15 is 0 Å². The number of benzene rings is 1. The lowest BCUT2D eigenvalue weighted by Crippen LogP contribution is -2.33. The molecule has 0 unspecified atom stereocenters. The normalized spacial score (nSPS) is 16.4. The summed E-state index contributed by atoms with van der Waals surface area (Å²) in [5.74, 6) is 0.522. The summed E-state index contributed by atoms with van der Waals surface area (Å²) in [5.41, 5.74) is 7.92. The first-order valence-corrected chi connectivity index (χ1v) is 4.94. The van der Waals surface area contributed by atoms with Crippen LogP contribution in [0.1, 0.15) is 30.7 Å². The summed E-state index contributed by atoms with van der Waals surface area (Å²) in [7, 11) is -1.46. The van der Waals surface area contributed by atoms with Gasteiger partial charge in [-0.25, -0.2) is 0 Å². The van der Waals surface area contributed by atoms with Crippen molar-refractivity contribution >= 4 is 18.3 Å². The summed E-state index contributed by atoms with van der Waals surface area (Å²) in [4.78, 5) is 0. The monoisotopic (exact) mass is 191 g/mol. The number of nitrogen functional groups attached to an aromatic ring is 1. The van der Waals surface area contributed by atoms with Crippen LogP contribution in [-0.2, 0) is 0 Å². The van der Waals surface area contributed by atoms with Crippen molar-refractivity contribution < 1.29 is 10.0 Å². The molecular formula is C10H14BNO2. The standard InChI is InChI=1S/C10H14BNO2/c12-10-8(7-3-1-4-7)5-2-6-9(10)11(13)14/h2,5-7,13-14H,1,3-4,12H2. The van der Waals surface area contributed by atoms with Crippen LogP contribution in [0.15, 0.2) is 18.2 Å². The predicted molar refractivity (Wildman–Crippen MR) is 57.3 cm³/mol. The molecule has 0 heterocycles. The SMILES string of the molecule is Nc1c(B(O)O)cccc1C1CCC1. The Morgan fingerprint density at radius 2 is 2.00 bits per heavy atom. The van der Waals surface area contributed by atoms with E-state index in [9.17, 15) is 0 Å². The molecule has 0 atom stereocenters. The molecule has 2 rings (SSSR count). The quantitative estimate of drug-likeness (QED) is 0.462. The molecule has 3 nitrogen and oxygen atoms in total. The maximum absolute atomic E-state index is 9.08. The zero-order valence-corrected chi connectivity index (χ0v) is 7.98. The first-order chi connectivity index (χ1) is 6.70. The van der Waals surface area contributed by atoms with Gasteiger partial charge in [-0.3, -0.25) is 0 Å². The van der Waals surface area contributed by atoms with Crippen LogP contribution in [0.5, 0.6) is 0 Å². The van der Waals surface area contributed by atoms with E-state index in [0.717, 1.165) is 18.4 Å². The van der Waals surface area contributed by atoms with Gasteiger partial charge in [0.25, 0.3) is 0 Å². The van der Waals surface area contributed by atoms with Gasteiger partial charge >= 0.3 is 7.12 Å². The van der Waals surface area contributed by atoms with Gasteiger partial charge in [-0.2, -0.15) is 0 Å². The second-order valence-electron chi connectivity index (χ2n) is 3.85. The zero-order valence-electron chi connectivity index (χ0n) is 7.98. The van der Waals surface area contributed by atoms with Crippen LogP contribution in [0.4, 0.5) is 5.69 Å². The third kappa shape index (κ3) is 1.51. The van der Waals surface area contributed by atoms with Crippen molar-refractivity contribution in [1.82, 2.24) is 0 Å². The van der Waals surface area contributed by atoms with Gasteiger partial charge in [0.1, 0.15) is 0 Å². The van der Waals surface area contributed by atoms with E-state index in [2.05, 4.69) is 0 Å².